The van der Waals surface area contributed by atoms with Gasteiger partial charge in [-0.3, -0.25) is 4.79 Å². The molecule has 178 valence electrons. The van der Waals surface area contributed by atoms with E-state index in [9.17, 15) is 9.90 Å². The Hall–Kier alpha value is -3.10. The molecule has 5 rings (SSSR count). The highest BCUT2D eigenvalue weighted by Crippen LogP contribution is 2.31. The minimum atomic E-state index is -0.248. The number of thiazole rings is 1. The fraction of sp³-hybridized carbons (Fsp3) is 0.385. The number of nitrogen functional groups attached to an aromatic ring is 1. The molecule has 0 atom stereocenters. The molecule has 4 N–H and O–H groups in total. The van der Waals surface area contributed by atoms with Crippen LogP contribution in [0.25, 0.3) is 0 Å². The quantitative estimate of drug-likeness (QED) is 0.437. The van der Waals surface area contributed by atoms with Crippen molar-refractivity contribution in [1.29, 1.82) is 0 Å². The van der Waals surface area contributed by atoms with Crippen LogP contribution in [0, 0.1) is 0 Å². The summed E-state index contributed by atoms with van der Waals surface area (Å²) < 4.78 is 0. The summed E-state index contributed by atoms with van der Waals surface area (Å²) in [5, 5.41) is 13.5. The fourth-order valence-electron chi connectivity index (χ4n) is 4.98. The number of aromatic hydroxyl groups is 1. The summed E-state index contributed by atoms with van der Waals surface area (Å²) in [5.74, 6) is -0.0145. The van der Waals surface area contributed by atoms with Crippen LogP contribution >= 0.6 is 11.3 Å². The van der Waals surface area contributed by atoms with E-state index in [-0.39, 0.29) is 17.4 Å². The normalized spacial score (nSPS) is 17.6. The Labute approximate surface area is 204 Å². The van der Waals surface area contributed by atoms with E-state index in [0.29, 0.717) is 15.6 Å². The third-order valence-electron chi connectivity index (χ3n) is 6.82. The van der Waals surface area contributed by atoms with Crippen LogP contribution in [0.4, 0.5) is 22.3 Å². The maximum atomic E-state index is 12.8. The lowest BCUT2D eigenvalue weighted by Crippen LogP contribution is -2.46. The number of nitrogens with zero attached hydrogens (tertiary/aromatic N) is 3. The molecule has 0 aliphatic carbocycles. The van der Waals surface area contributed by atoms with Gasteiger partial charge in [-0.2, -0.15) is 0 Å². The summed E-state index contributed by atoms with van der Waals surface area (Å²) in [5.41, 5.74) is 8.55. The van der Waals surface area contributed by atoms with Crippen LogP contribution in [-0.4, -0.2) is 53.0 Å². The lowest BCUT2D eigenvalue weighted by Gasteiger charge is -2.41. The number of ketones is 1. The fourth-order valence-corrected chi connectivity index (χ4v) is 5.85. The van der Waals surface area contributed by atoms with Crippen LogP contribution in [0.15, 0.2) is 48.5 Å². The minimum Gasteiger partial charge on any atom is -0.508 e. The van der Waals surface area contributed by atoms with Gasteiger partial charge >= 0.3 is 0 Å². The largest absolute Gasteiger partial charge is 0.508 e. The number of nitrogens with two attached hydrogens (primary N) is 1. The molecule has 8 heteroatoms. The van der Waals surface area contributed by atoms with Crippen molar-refractivity contribution in [3.63, 3.8) is 0 Å². The predicted octanol–water partition coefficient (Wildman–Crippen LogP) is 4.86. The number of likely N-dealkylation sites (tertiary alicyclic amines) is 1. The third kappa shape index (κ3) is 5.03. The molecule has 0 spiro atoms. The van der Waals surface area contributed by atoms with E-state index in [1.165, 1.54) is 74.4 Å². The van der Waals surface area contributed by atoms with Crippen LogP contribution in [0.5, 0.6) is 5.75 Å². The zero-order chi connectivity index (χ0) is 23.5. The number of carbonyl (C=O) groups excluding carboxylic acids is 1. The second kappa shape index (κ2) is 10.0. The number of carbonyl (C=O) groups is 1. The lowest BCUT2D eigenvalue weighted by atomic mass is 9.99. The van der Waals surface area contributed by atoms with Crippen LogP contribution in [-0.2, 0) is 0 Å². The molecule has 0 radical (unpaired) electrons. The second-order valence-electron chi connectivity index (χ2n) is 9.10. The summed E-state index contributed by atoms with van der Waals surface area (Å²) in [6, 6.07) is 15.4. The first kappa shape index (κ1) is 22.7. The Morgan fingerprint density at radius 2 is 1.76 bits per heavy atom. The Morgan fingerprint density at radius 1 is 1.03 bits per heavy atom. The Kier molecular flexibility index (Phi) is 6.69. The first-order valence-corrected chi connectivity index (χ1v) is 12.8. The van der Waals surface area contributed by atoms with Gasteiger partial charge in [-0.05, 0) is 75.2 Å². The lowest BCUT2D eigenvalue weighted by molar-refractivity contribution is 0.104. The first-order valence-electron chi connectivity index (χ1n) is 12.0. The van der Waals surface area contributed by atoms with E-state index >= 15 is 0 Å². The van der Waals surface area contributed by atoms with Crippen LogP contribution in [0.2, 0.25) is 0 Å². The number of phenols is 1. The van der Waals surface area contributed by atoms with E-state index in [1.54, 1.807) is 12.1 Å². The van der Waals surface area contributed by atoms with Crippen LogP contribution in [0.3, 0.4) is 0 Å². The van der Waals surface area contributed by atoms with Crippen molar-refractivity contribution in [1.82, 2.24) is 9.88 Å². The van der Waals surface area contributed by atoms with Gasteiger partial charge in [-0.25, -0.2) is 4.98 Å². The van der Waals surface area contributed by atoms with Gasteiger partial charge < -0.3 is 26.0 Å². The van der Waals surface area contributed by atoms with E-state index in [0.717, 1.165) is 24.8 Å². The van der Waals surface area contributed by atoms with Crippen molar-refractivity contribution in [3.8, 4) is 5.75 Å². The van der Waals surface area contributed by atoms with Gasteiger partial charge in [0.25, 0.3) is 0 Å². The summed E-state index contributed by atoms with van der Waals surface area (Å²) in [6.45, 7) is 4.73. The van der Waals surface area contributed by atoms with Crippen molar-refractivity contribution < 1.29 is 9.90 Å². The number of hydrogen-bond donors (Lipinski definition) is 3. The van der Waals surface area contributed by atoms with Gasteiger partial charge in [0, 0.05) is 36.1 Å². The van der Waals surface area contributed by atoms with Crippen LogP contribution < -0.4 is 16.0 Å². The number of nitrogens with one attached hydrogen (secondary N) is 1. The molecule has 2 aliphatic rings. The smallest absolute Gasteiger partial charge is 0.206 e. The average molecular weight is 478 g/mol. The van der Waals surface area contributed by atoms with Crippen molar-refractivity contribution in [2.75, 3.05) is 42.1 Å². The van der Waals surface area contributed by atoms with Crippen molar-refractivity contribution >= 4 is 39.4 Å². The van der Waals surface area contributed by atoms with Gasteiger partial charge in [0.1, 0.15) is 16.4 Å². The molecule has 1 aromatic heterocycles. The SMILES string of the molecule is Nc1nc(Nc2ccc(N3CCC(N4CCCCC4)CC3)cc2)sc1C(=O)c1cccc(O)c1. The number of hydrogen-bond acceptors (Lipinski definition) is 8. The minimum absolute atomic E-state index is 0.0445. The van der Waals surface area contributed by atoms with E-state index in [1.807, 2.05) is 12.1 Å². The Balaban J connectivity index is 1.20. The number of piperidine rings is 2. The van der Waals surface area contributed by atoms with E-state index < -0.39 is 0 Å². The number of phenolic OH excluding ortho intramolecular Hbond substituents is 1. The highest BCUT2D eigenvalue weighted by Gasteiger charge is 2.25. The van der Waals surface area contributed by atoms with Gasteiger partial charge in [-0.1, -0.05) is 29.9 Å². The zero-order valence-electron chi connectivity index (χ0n) is 19.2. The molecule has 0 saturated carbocycles. The topological polar surface area (TPSA) is 94.7 Å². The highest BCUT2D eigenvalue weighted by molar-refractivity contribution is 7.18. The van der Waals surface area contributed by atoms with E-state index in [2.05, 4.69) is 32.2 Å². The number of anilines is 4. The molecule has 2 fully saturated rings. The van der Waals surface area contributed by atoms with Crippen LogP contribution in [0.1, 0.15) is 47.3 Å². The second-order valence-corrected chi connectivity index (χ2v) is 10.1. The number of benzene rings is 2. The third-order valence-corrected chi connectivity index (χ3v) is 7.81. The molecule has 3 aromatic rings. The zero-order valence-corrected chi connectivity index (χ0v) is 20.1. The van der Waals surface area contributed by atoms with E-state index in [4.69, 9.17) is 5.73 Å². The monoisotopic (exact) mass is 477 g/mol. The molecule has 2 aliphatic heterocycles. The van der Waals surface area contributed by atoms with Gasteiger partial charge in [0.05, 0.1) is 0 Å². The standard InChI is InChI=1S/C26H31N5O2S/c27-25-24(23(33)18-5-4-6-22(32)17-18)34-26(29-25)28-19-7-9-20(10-8-19)31-15-11-21(12-16-31)30-13-2-1-3-14-30/h4-10,17,21,32H,1-3,11-16,27H2,(H,28,29). The molecule has 7 nitrogen and oxygen atoms in total. The maximum absolute atomic E-state index is 12.8. The summed E-state index contributed by atoms with van der Waals surface area (Å²) in [7, 11) is 0. The average Bonchev–Trinajstić information content (AvgIpc) is 3.24. The Bertz CT molecular complexity index is 1130. The van der Waals surface area contributed by atoms with Crippen molar-refractivity contribution in [2.45, 2.75) is 38.1 Å². The number of aromatic nitrogens is 1. The molecular formula is C26H31N5O2S. The van der Waals surface area contributed by atoms with Gasteiger partial charge in [-0.15, -0.1) is 0 Å². The summed E-state index contributed by atoms with van der Waals surface area (Å²) in [6.07, 6.45) is 6.55. The maximum Gasteiger partial charge on any atom is 0.206 e. The summed E-state index contributed by atoms with van der Waals surface area (Å²) >= 11 is 1.22. The van der Waals surface area contributed by atoms with Crippen molar-refractivity contribution in [3.05, 3.63) is 59.0 Å². The molecule has 0 amide bonds. The molecule has 2 saturated heterocycles. The van der Waals surface area contributed by atoms with Crippen molar-refractivity contribution in [2.24, 2.45) is 0 Å². The van der Waals surface area contributed by atoms with Gasteiger partial charge in [0.2, 0.25) is 5.78 Å². The molecule has 0 unspecified atom stereocenters. The Morgan fingerprint density at radius 3 is 2.47 bits per heavy atom. The first-order chi connectivity index (χ1) is 16.6. The highest BCUT2D eigenvalue weighted by atomic mass is 32.1. The van der Waals surface area contributed by atoms with Gasteiger partial charge in [0.15, 0.2) is 5.13 Å². The molecular weight excluding hydrogens is 446 g/mol. The molecule has 2 aromatic carbocycles. The molecule has 34 heavy (non-hydrogen) atoms. The molecule has 0 bridgehead atoms. The predicted molar refractivity (Wildman–Crippen MR) is 138 cm³/mol. The summed E-state index contributed by atoms with van der Waals surface area (Å²) in [4.78, 5) is 22.6. The molecule has 3 heterocycles. The number of rotatable bonds is 6.